The molecule has 1 amide bonds. The van der Waals surface area contributed by atoms with Crippen molar-refractivity contribution in [2.45, 2.75) is 27.3 Å². The number of aryl methyl sites for hydroxylation is 3. The summed E-state index contributed by atoms with van der Waals surface area (Å²) in [7, 11) is 1.66. The van der Waals surface area contributed by atoms with Crippen molar-refractivity contribution in [2.24, 2.45) is 4.99 Å². The molecule has 0 fully saturated rings. The second-order valence-electron chi connectivity index (χ2n) is 6.26. The number of thiazole rings is 1. The van der Waals surface area contributed by atoms with Crippen molar-refractivity contribution >= 4 is 39.1 Å². The zero-order chi connectivity index (χ0) is 18.8. The zero-order valence-corrected chi connectivity index (χ0v) is 16.9. The molecule has 0 bridgehead atoms. The minimum Gasteiger partial charge on any atom is -0.383 e. The minimum absolute atomic E-state index is 0.241. The molecule has 3 aromatic rings. The van der Waals surface area contributed by atoms with Crippen molar-refractivity contribution in [1.29, 1.82) is 0 Å². The maximum absolute atomic E-state index is 12.7. The molecule has 0 aliphatic carbocycles. The summed E-state index contributed by atoms with van der Waals surface area (Å²) in [5.74, 6) is -0.241. The third kappa shape index (κ3) is 3.61. The third-order valence-corrected chi connectivity index (χ3v) is 5.95. The Kier molecular flexibility index (Phi) is 5.61. The van der Waals surface area contributed by atoms with Gasteiger partial charge in [0, 0.05) is 24.2 Å². The number of fused-ring (bicyclic) bond motifs is 1. The Morgan fingerprint density at radius 1 is 1.19 bits per heavy atom. The van der Waals surface area contributed by atoms with Gasteiger partial charge >= 0.3 is 0 Å². The van der Waals surface area contributed by atoms with Gasteiger partial charge in [-0.2, -0.15) is 4.99 Å². The van der Waals surface area contributed by atoms with Gasteiger partial charge in [0.05, 0.1) is 16.8 Å². The lowest BCUT2D eigenvalue weighted by Gasteiger charge is -2.07. The van der Waals surface area contributed by atoms with Gasteiger partial charge in [-0.1, -0.05) is 29.0 Å². The van der Waals surface area contributed by atoms with Crippen LogP contribution in [-0.2, 0) is 11.3 Å². The summed E-state index contributed by atoms with van der Waals surface area (Å²) >= 11 is 7.79. The van der Waals surface area contributed by atoms with Gasteiger partial charge in [-0.25, -0.2) is 0 Å². The molecule has 0 radical (unpaired) electrons. The molecule has 0 aliphatic heterocycles. The van der Waals surface area contributed by atoms with E-state index in [-0.39, 0.29) is 5.91 Å². The lowest BCUT2D eigenvalue weighted by atomic mass is 10.1. The number of benzene rings is 2. The van der Waals surface area contributed by atoms with Gasteiger partial charge in [0.1, 0.15) is 0 Å². The Morgan fingerprint density at radius 2 is 1.96 bits per heavy atom. The van der Waals surface area contributed by atoms with Crippen LogP contribution in [0.3, 0.4) is 0 Å². The molecule has 26 heavy (non-hydrogen) atoms. The highest BCUT2D eigenvalue weighted by molar-refractivity contribution is 7.16. The van der Waals surface area contributed by atoms with Crippen molar-refractivity contribution in [2.75, 3.05) is 13.7 Å². The fourth-order valence-corrected chi connectivity index (χ4v) is 4.08. The van der Waals surface area contributed by atoms with Crippen LogP contribution in [-0.4, -0.2) is 24.2 Å². The normalized spacial score (nSPS) is 12.1. The van der Waals surface area contributed by atoms with Gasteiger partial charge in [-0.05, 0) is 61.7 Å². The number of rotatable bonds is 4. The quantitative estimate of drug-likeness (QED) is 0.651. The average molecular weight is 389 g/mol. The Hall–Kier alpha value is -1.95. The number of halogens is 1. The Labute approximate surface area is 161 Å². The highest BCUT2D eigenvalue weighted by Crippen LogP contribution is 2.27. The molecule has 4 nitrogen and oxygen atoms in total. The Morgan fingerprint density at radius 3 is 2.65 bits per heavy atom. The van der Waals surface area contributed by atoms with Crippen LogP contribution in [0.2, 0.25) is 5.02 Å². The van der Waals surface area contributed by atoms with Crippen molar-refractivity contribution in [3.63, 3.8) is 0 Å². The van der Waals surface area contributed by atoms with E-state index in [0.29, 0.717) is 28.5 Å². The van der Waals surface area contributed by atoms with Gasteiger partial charge in [0.2, 0.25) is 0 Å². The van der Waals surface area contributed by atoms with E-state index < -0.39 is 0 Å². The number of aromatic nitrogens is 1. The summed E-state index contributed by atoms with van der Waals surface area (Å²) in [5, 5.41) is 0.702. The molecule has 2 aromatic carbocycles. The lowest BCUT2D eigenvalue weighted by molar-refractivity contribution is 0.0997. The highest BCUT2D eigenvalue weighted by atomic mass is 35.5. The number of carbonyl (C=O) groups is 1. The molecule has 0 aliphatic rings. The Bertz CT molecular complexity index is 1050. The standard InChI is InChI=1S/C20H21ClN2O2S/c1-12-5-6-15(11-13(12)2)19(24)22-20-23(9-10-25-4)18-14(3)16(21)7-8-17(18)26-20/h5-8,11H,9-10H2,1-4H3. The summed E-state index contributed by atoms with van der Waals surface area (Å²) in [4.78, 5) is 17.8. The summed E-state index contributed by atoms with van der Waals surface area (Å²) in [6.45, 7) is 7.14. The van der Waals surface area contributed by atoms with Gasteiger partial charge < -0.3 is 9.30 Å². The van der Waals surface area contributed by atoms with E-state index in [1.54, 1.807) is 7.11 Å². The average Bonchev–Trinajstić information content (AvgIpc) is 2.96. The predicted molar refractivity (Wildman–Crippen MR) is 107 cm³/mol. The molecule has 3 rings (SSSR count). The van der Waals surface area contributed by atoms with E-state index in [4.69, 9.17) is 16.3 Å². The lowest BCUT2D eigenvalue weighted by Crippen LogP contribution is -2.19. The summed E-state index contributed by atoms with van der Waals surface area (Å²) in [6.07, 6.45) is 0. The van der Waals surface area contributed by atoms with E-state index in [9.17, 15) is 4.79 Å². The molecule has 0 N–H and O–H groups in total. The number of methoxy groups -OCH3 is 1. The maximum Gasteiger partial charge on any atom is 0.279 e. The van der Waals surface area contributed by atoms with Crippen LogP contribution in [0.15, 0.2) is 35.3 Å². The number of amides is 1. The second kappa shape index (κ2) is 7.74. The summed E-state index contributed by atoms with van der Waals surface area (Å²) in [5.41, 5.74) is 4.82. The molecule has 0 unspecified atom stereocenters. The second-order valence-corrected chi connectivity index (χ2v) is 7.68. The van der Waals surface area contributed by atoms with Gasteiger partial charge in [0.25, 0.3) is 5.91 Å². The number of hydrogen-bond donors (Lipinski definition) is 0. The summed E-state index contributed by atoms with van der Waals surface area (Å²) < 4.78 is 8.30. The molecule has 1 aromatic heterocycles. The predicted octanol–water partition coefficient (Wildman–Crippen LogP) is 4.67. The fraction of sp³-hybridized carbons (Fsp3) is 0.300. The first kappa shape index (κ1) is 18.8. The molecule has 136 valence electrons. The van der Waals surface area contributed by atoms with Gasteiger partial charge in [0.15, 0.2) is 4.80 Å². The van der Waals surface area contributed by atoms with Gasteiger partial charge in [-0.15, -0.1) is 0 Å². The van der Waals surface area contributed by atoms with E-state index in [0.717, 1.165) is 26.9 Å². The number of ether oxygens (including phenoxy) is 1. The van der Waals surface area contributed by atoms with E-state index in [1.165, 1.54) is 11.3 Å². The largest absolute Gasteiger partial charge is 0.383 e. The zero-order valence-electron chi connectivity index (χ0n) is 15.3. The van der Waals surface area contributed by atoms with Crippen LogP contribution in [0.1, 0.15) is 27.0 Å². The smallest absolute Gasteiger partial charge is 0.279 e. The molecule has 0 saturated carbocycles. The highest BCUT2D eigenvalue weighted by Gasteiger charge is 2.13. The first-order valence-electron chi connectivity index (χ1n) is 8.36. The van der Waals surface area contributed by atoms with E-state index in [1.807, 2.05) is 55.7 Å². The SMILES string of the molecule is COCCn1c(=NC(=O)c2ccc(C)c(C)c2)sc2ccc(Cl)c(C)c21. The van der Waals surface area contributed by atoms with Crippen molar-refractivity contribution in [1.82, 2.24) is 4.57 Å². The van der Waals surface area contributed by atoms with Crippen molar-refractivity contribution in [3.8, 4) is 0 Å². The molecular weight excluding hydrogens is 368 g/mol. The van der Waals surface area contributed by atoms with Crippen molar-refractivity contribution < 1.29 is 9.53 Å². The van der Waals surface area contributed by atoms with Crippen LogP contribution in [0.5, 0.6) is 0 Å². The van der Waals surface area contributed by atoms with E-state index >= 15 is 0 Å². The van der Waals surface area contributed by atoms with Crippen LogP contribution in [0.4, 0.5) is 0 Å². The Balaban J connectivity index is 2.16. The van der Waals surface area contributed by atoms with Gasteiger partial charge in [-0.3, -0.25) is 4.79 Å². The van der Waals surface area contributed by atoms with Crippen LogP contribution in [0.25, 0.3) is 10.2 Å². The van der Waals surface area contributed by atoms with E-state index in [2.05, 4.69) is 4.99 Å². The topological polar surface area (TPSA) is 43.6 Å². The number of carbonyl (C=O) groups excluding carboxylic acids is 1. The molecule has 0 saturated heterocycles. The van der Waals surface area contributed by atoms with Crippen LogP contribution >= 0.6 is 22.9 Å². The fourth-order valence-electron chi connectivity index (χ4n) is 2.82. The van der Waals surface area contributed by atoms with Crippen LogP contribution < -0.4 is 4.80 Å². The first-order valence-corrected chi connectivity index (χ1v) is 9.55. The van der Waals surface area contributed by atoms with Crippen molar-refractivity contribution in [3.05, 3.63) is 62.4 Å². The maximum atomic E-state index is 12.7. The molecule has 6 heteroatoms. The third-order valence-electron chi connectivity index (χ3n) is 4.50. The monoisotopic (exact) mass is 388 g/mol. The molecule has 0 atom stereocenters. The minimum atomic E-state index is -0.241. The molecular formula is C20H21ClN2O2S. The number of nitrogens with zero attached hydrogens (tertiary/aromatic N) is 2. The first-order chi connectivity index (χ1) is 12.4. The summed E-state index contributed by atoms with van der Waals surface area (Å²) in [6, 6.07) is 9.51. The number of hydrogen-bond acceptors (Lipinski definition) is 3. The molecule has 0 spiro atoms. The molecule has 1 heterocycles. The van der Waals surface area contributed by atoms with Crippen LogP contribution in [0, 0.1) is 20.8 Å².